The Morgan fingerprint density at radius 2 is 1.41 bits per heavy atom. The van der Waals surface area contributed by atoms with Crippen LogP contribution >= 0.6 is 0 Å². The predicted molar refractivity (Wildman–Crippen MR) is 105 cm³/mol. The molecule has 5 nitrogen and oxygen atoms in total. The lowest BCUT2D eigenvalue weighted by atomic mass is 10.0. The molecule has 0 bridgehead atoms. The molecular formula is C22H26N2O3. The van der Waals surface area contributed by atoms with Crippen LogP contribution < -0.4 is 4.74 Å². The number of para-hydroxylation sites is 1. The molecule has 0 N–H and O–H groups in total. The number of amides is 2. The summed E-state index contributed by atoms with van der Waals surface area (Å²) < 4.78 is 5.29. The number of rotatable bonds is 4. The van der Waals surface area contributed by atoms with Crippen molar-refractivity contribution in [2.75, 3.05) is 33.3 Å². The fraction of sp³-hybridized carbons (Fsp3) is 0.364. The topological polar surface area (TPSA) is 49.9 Å². The van der Waals surface area contributed by atoms with Crippen LogP contribution in [0.5, 0.6) is 5.75 Å². The van der Waals surface area contributed by atoms with Crippen molar-refractivity contribution in [3.8, 4) is 5.75 Å². The summed E-state index contributed by atoms with van der Waals surface area (Å²) >= 11 is 0. The molecule has 27 heavy (non-hydrogen) atoms. The quantitative estimate of drug-likeness (QED) is 0.833. The predicted octanol–water partition coefficient (Wildman–Crippen LogP) is 3.42. The minimum atomic E-state index is -0.0548. The minimum Gasteiger partial charge on any atom is -0.496 e. The highest BCUT2D eigenvalue weighted by atomic mass is 16.5. The molecule has 5 heteroatoms. The number of carbonyl (C=O) groups is 2. The molecule has 1 fully saturated rings. The van der Waals surface area contributed by atoms with Crippen LogP contribution in [0, 0.1) is 0 Å². The molecule has 0 atom stereocenters. The highest BCUT2D eigenvalue weighted by molar-refractivity contribution is 5.97. The van der Waals surface area contributed by atoms with Crippen LogP contribution in [-0.2, 0) is 0 Å². The van der Waals surface area contributed by atoms with Crippen LogP contribution in [0.25, 0.3) is 0 Å². The third-order valence-electron chi connectivity index (χ3n) is 5.02. The standard InChI is InChI=1S/C22H26N2O3/c1-16(2)17-8-10-18(11-9-17)21(25)23-12-14-24(15-13-23)22(26)19-6-4-5-7-20(19)27-3/h4-11,16H,12-15H2,1-3H3. The lowest BCUT2D eigenvalue weighted by Crippen LogP contribution is -2.50. The Morgan fingerprint density at radius 3 is 1.96 bits per heavy atom. The van der Waals surface area contributed by atoms with Gasteiger partial charge in [-0.15, -0.1) is 0 Å². The second kappa shape index (κ2) is 8.25. The first-order valence-corrected chi connectivity index (χ1v) is 9.32. The lowest BCUT2D eigenvalue weighted by Gasteiger charge is -2.35. The number of piperazine rings is 1. The van der Waals surface area contributed by atoms with Gasteiger partial charge in [-0.2, -0.15) is 0 Å². The van der Waals surface area contributed by atoms with E-state index in [9.17, 15) is 9.59 Å². The molecule has 1 aliphatic heterocycles. The van der Waals surface area contributed by atoms with E-state index in [1.165, 1.54) is 5.56 Å². The SMILES string of the molecule is COc1ccccc1C(=O)N1CCN(C(=O)c2ccc(C(C)C)cc2)CC1. The molecule has 0 aromatic heterocycles. The van der Waals surface area contributed by atoms with E-state index in [0.29, 0.717) is 49.0 Å². The number of hydrogen-bond donors (Lipinski definition) is 0. The zero-order chi connectivity index (χ0) is 19.4. The Kier molecular flexibility index (Phi) is 5.79. The monoisotopic (exact) mass is 366 g/mol. The fourth-order valence-corrected chi connectivity index (χ4v) is 3.30. The van der Waals surface area contributed by atoms with E-state index >= 15 is 0 Å². The normalized spacial score (nSPS) is 14.4. The second-order valence-corrected chi connectivity index (χ2v) is 7.06. The summed E-state index contributed by atoms with van der Waals surface area (Å²) in [4.78, 5) is 29.1. The molecule has 3 rings (SSSR count). The van der Waals surface area contributed by atoms with Gasteiger partial charge in [0, 0.05) is 31.7 Å². The van der Waals surface area contributed by atoms with Crippen LogP contribution in [0.1, 0.15) is 46.0 Å². The zero-order valence-corrected chi connectivity index (χ0v) is 16.1. The fourth-order valence-electron chi connectivity index (χ4n) is 3.30. The van der Waals surface area contributed by atoms with Crippen LogP contribution in [-0.4, -0.2) is 54.9 Å². The second-order valence-electron chi connectivity index (χ2n) is 7.06. The van der Waals surface area contributed by atoms with Gasteiger partial charge in [0.05, 0.1) is 12.7 Å². The smallest absolute Gasteiger partial charge is 0.257 e. The molecule has 1 heterocycles. The third-order valence-corrected chi connectivity index (χ3v) is 5.02. The maximum absolute atomic E-state index is 12.8. The van der Waals surface area contributed by atoms with Crippen LogP contribution in [0.3, 0.4) is 0 Å². The summed E-state index contributed by atoms with van der Waals surface area (Å²) in [5.41, 5.74) is 2.48. The number of benzene rings is 2. The first-order chi connectivity index (χ1) is 13.0. The van der Waals surface area contributed by atoms with Gasteiger partial charge in [0.2, 0.25) is 0 Å². The molecule has 142 valence electrons. The third kappa shape index (κ3) is 4.13. The van der Waals surface area contributed by atoms with Gasteiger partial charge in [-0.05, 0) is 35.7 Å². The molecule has 0 radical (unpaired) electrons. The van der Waals surface area contributed by atoms with Gasteiger partial charge < -0.3 is 14.5 Å². The van der Waals surface area contributed by atoms with Crippen molar-refractivity contribution in [1.29, 1.82) is 0 Å². The summed E-state index contributed by atoms with van der Waals surface area (Å²) in [6.45, 7) is 6.38. The Labute approximate surface area is 160 Å². The summed E-state index contributed by atoms with van der Waals surface area (Å²) in [5.74, 6) is 0.987. The van der Waals surface area contributed by atoms with Crippen molar-refractivity contribution < 1.29 is 14.3 Å². The highest BCUT2D eigenvalue weighted by Crippen LogP contribution is 2.21. The molecule has 1 aliphatic rings. The summed E-state index contributed by atoms with van der Waals surface area (Å²) in [6.07, 6.45) is 0. The van der Waals surface area contributed by atoms with E-state index < -0.39 is 0 Å². The van der Waals surface area contributed by atoms with E-state index in [2.05, 4.69) is 13.8 Å². The van der Waals surface area contributed by atoms with Crippen molar-refractivity contribution in [2.24, 2.45) is 0 Å². The van der Waals surface area contributed by atoms with Crippen molar-refractivity contribution in [1.82, 2.24) is 9.80 Å². The van der Waals surface area contributed by atoms with E-state index in [0.717, 1.165) is 0 Å². The Morgan fingerprint density at radius 1 is 0.852 bits per heavy atom. The van der Waals surface area contributed by atoms with Gasteiger partial charge >= 0.3 is 0 Å². The van der Waals surface area contributed by atoms with Gasteiger partial charge in [-0.3, -0.25) is 9.59 Å². The largest absolute Gasteiger partial charge is 0.496 e. The molecule has 2 aromatic carbocycles. The zero-order valence-electron chi connectivity index (χ0n) is 16.1. The van der Waals surface area contributed by atoms with Gasteiger partial charge in [0.15, 0.2) is 0 Å². The number of ether oxygens (including phenoxy) is 1. The molecular weight excluding hydrogens is 340 g/mol. The van der Waals surface area contributed by atoms with E-state index in [1.54, 1.807) is 24.1 Å². The van der Waals surface area contributed by atoms with E-state index in [4.69, 9.17) is 4.74 Å². The minimum absolute atomic E-state index is 0.0229. The Balaban J connectivity index is 1.63. The summed E-state index contributed by atoms with van der Waals surface area (Å²) in [7, 11) is 1.56. The van der Waals surface area contributed by atoms with Gasteiger partial charge in [0.25, 0.3) is 11.8 Å². The number of nitrogens with zero attached hydrogens (tertiary/aromatic N) is 2. The van der Waals surface area contributed by atoms with Crippen molar-refractivity contribution in [3.63, 3.8) is 0 Å². The Bertz CT molecular complexity index is 807. The number of hydrogen-bond acceptors (Lipinski definition) is 3. The summed E-state index contributed by atoms with van der Waals surface area (Å²) in [5, 5.41) is 0. The molecule has 0 spiro atoms. The average Bonchev–Trinajstić information content (AvgIpc) is 2.72. The van der Waals surface area contributed by atoms with Gasteiger partial charge in [-0.25, -0.2) is 0 Å². The molecule has 2 aromatic rings. The first-order valence-electron chi connectivity index (χ1n) is 9.32. The van der Waals surface area contributed by atoms with Gasteiger partial charge in [-0.1, -0.05) is 38.1 Å². The van der Waals surface area contributed by atoms with Gasteiger partial charge in [0.1, 0.15) is 5.75 Å². The van der Waals surface area contributed by atoms with Crippen LogP contribution in [0.4, 0.5) is 0 Å². The van der Waals surface area contributed by atoms with Crippen molar-refractivity contribution >= 4 is 11.8 Å². The highest BCUT2D eigenvalue weighted by Gasteiger charge is 2.26. The molecule has 0 unspecified atom stereocenters. The lowest BCUT2D eigenvalue weighted by molar-refractivity contribution is 0.0533. The molecule has 0 saturated carbocycles. The molecule has 1 saturated heterocycles. The number of methoxy groups -OCH3 is 1. The molecule has 0 aliphatic carbocycles. The first kappa shape index (κ1) is 19.0. The number of carbonyl (C=O) groups excluding carboxylic acids is 2. The summed E-state index contributed by atoms with van der Waals surface area (Å²) in [6, 6.07) is 15.0. The van der Waals surface area contributed by atoms with E-state index in [-0.39, 0.29) is 11.8 Å². The maximum atomic E-state index is 12.8. The maximum Gasteiger partial charge on any atom is 0.257 e. The van der Waals surface area contributed by atoms with E-state index in [1.807, 2.05) is 41.3 Å². The van der Waals surface area contributed by atoms with Crippen molar-refractivity contribution in [3.05, 3.63) is 65.2 Å². The Hall–Kier alpha value is -2.82. The van der Waals surface area contributed by atoms with Crippen LogP contribution in [0.15, 0.2) is 48.5 Å². The average molecular weight is 366 g/mol. The molecule has 2 amide bonds. The van der Waals surface area contributed by atoms with Crippen LogP contribution in [0.2, 0.25) is 0 Å². The van der Waals surface area contributed by atoms with Crippen molar-refractivity contribution in [2.45, 2.75) is 19.8 Å².